The summed E-state index contributed by atoms with van der Waals surface area (Å²) >= 11 is 1.61. The van der Waals surface area contributed by atoms with E-state index in [0.717, 1.165) is 29.3 Å². The molecule has 0 amide bonds. The molecule has 0 bridgehead atoms. The van der Waals surface area contributed by atoms with Crippen LogP contribution in [0.3, 0.4) is 0 Å². The zero-order valence-electron chi connectivity index (χ0n) is 8.92. The Hall–Kier alpha value is -0.800. The van der Waals surface area contributed by atoms with Crippen molar-refractivity contribution in [3.8, 4) is 0 Å². The van der Waals surface area contributed by atoms with Gasteiger partial charge >= 0.3 is 0 Å². The number of benzene rings is 1. The highest BCUT2D eigenvalue weighted by atomic mass is 32.2. The summed E-state index contributed by atoms with van der Waals surface area (Å²) in [5.41, 5.74) is 1.13. The molecule has 0 unspecified atom stereocenters. The lowest BCUT2D eigenvalue weighted by atomic mass is 10.3. The van der Waals surface area contributed by atoms with E-state index in [2.05, 4.69) is 18.8 Å². The van der Waals surface area contributed by atoms with Gasteiger partial charge in [-0.05, 0) is 24.7 Å². The molecule has 1 rings (SSSR count). The van der Waals surface area contributed by atoms with E-state index in [9.17, 15) is 4.39 Å². The van der Waals surface area contributed by atoms with Crippen molar-refractivity contribution in [1.29, 1.82) is 0 Å². The molecule has 0 aliphatic heterocycles. The Morgan fingerprint density at radius 2 is 2.33 bits per heavy atom. The molecule has 0 fully saturated rings. The van der Waals surface area contributed by atoms with Gasteiger partial charge in [-0.3, -0.25) is 0 Å². The maximum absolute atomic E-state index is 12.8. The van der Waals surface area contributed by atoms with Crippen LogP contribution in [-0.2, 0) is 0 Å². The van der Waals surface area contributed by atoms with Gasteiger partial charge < -0.3 is 5.32 Å². The SMILES string of the molecule is C=C(CNCC)CSc1cccc(F)c1. The Morgan fingerprint density at radius 3 is 3.00 bits per heavy atom. The van der Waals surface area contributed by atoms with Crippen LogP contribution in [0.15, 0.2) is 41.3 Å². The normalized spacial score (nSPS) is 10.3. The fourth-order valence-electron chi connectivity index (χ4n) is 1.09. The minimum atomic E-state index is -0.183. The molecule has 1 aromatic carbocycles. The second-order valence-electron chi connectivity index (χ2n) is 3.28. The predicted octanol–water partition coefficient (Wildman–Crippen LogP) is 3.08. The molecule has 0 heterocycles. The van der Waals surface area contributed by atoms with E-state index < -0.39 is 0 Å². The standard InChI is InChI=1S/C12H16FNS/c1-3-14-8-10(2)9-15-12-6-4-5-11(13)7-12/h4-7,14H,2-3,8-9H2,1H3. The third-order valence-electron chi connectivity index (χ3n) is 1.86. The molecule has 0 aliphatic rings. The van der Waals surface area contributed by atoms with Gasteiger partial charge in [0.25, 0.3) is 0 Å². The number of hydrogen-bond donors (Lipinski definition) is 1. The first-order valence-corrected chi connectivity index (χ1v) is 5.96. The van der Waals surface area contributed by atoms with E-state index in [-0.39, 0.29) is 5.82 Å². The molecule has 0 saturated carbocycles. The van der Waals surface area contributed by atoms with Crippen molar-refractivity contribution in [3.05, 3.63) is 42.2 Å². The van der Waals surface area contributed by atoms with Crippen LogP contribution in [0.2, 0.25) is 0 Å². The lowest BCUT2D eigenvalue weighted by Gasteiger charge is -2.05. The van der Waals surface area contributed by atoms with Crippen molar-refractivity contribution in [1.82, 2.24) is 5.32 Å². The van der Waals surface area contributed by atoms with Crippen molar-refractivity contribution in [2.45, 2.75) is 11.8 Å². The zero-order valence-corrected chi connectivity index (χ0v) is 9.74. The molecule has 1 aromatic rings. The van der Waals surface area contributed by atoms with Gasteiger partial charge in [-0.15, -0.1) is 11.8 Å². The summed E-state index contributed by atoms with van der Waals surface area (Å²) < 4.78 is 12.8. The highest BCUT2D eigenvalue weighted by molar-refractivity contribution is 7.99. The van der Waals surface area contributed by atoms with Gasteiger partial charge in [0.05, 0.1) is 0 Å². The third-order valence-corrected chi connectivity index (χ3v) is 3.00. The smallest absolute Gasteiger partial charge is 0.124 e. The Kier molecular flexibility index (Phi) is 5.43. The Bertz CT molecular complexity index is 325. The summed E-state index contributed by atoms with van der Waals surface area (Å²) in [4.78, 5) is 0.952. The monoisotopic (exact) mass is 225 g/mol. The van der Waals surface area contributed by atoms with E-state index in [4.69, 9.17) is 0 Å². The molecule has 0 aromatic heterocycles. The van der Waals surface area contributed by atoms with E-state index >= 15 is 0 Å². The Balaban J connectivity index is 2.33. The average Bonchev–Trinajstić information content (AvgIpc) is 2.23. The molecule has 1 N–H and O–H groups in total. The number of rotatable bonds is 6. The maximum atomic E-state index is 12.8. The molecule has 0 aliphatic carbocycles. The first-order chi connectivity index (χ1) is 7.22. The summed E-state index contributed by atoms with van der Waals surface area (Å²) in [5, 5.41) is 3.21. The first kappa shape index (κ1) is 12.3. The lowest BCUT2D eigenvalue weighted by molar-refractivity contribution is 0.624. The molecule has 0 saturated heterocycles. The number of thioether (sulfide) groups is 1. The summed E-state index contributed by atoms with van der Waals surface area (Å²) in [6.45, 7) is 7.80. The third kappa shape index (κ3) is 5.00. The fourth-order valence-corrected chi connectivity index (χ4v) is 1.94. The summed E-state index contributed by atoms with van der Waals surface area (Å²) in [6.07, 6.45) is 0. The zero-order chi connectivity index (χ0) is 11.1. The van der Waals surface area contributed by atoms with Crippen LogP contribution in [0.25, 0.3) is 0 Å². The minimum Gasteiger partial charge on any atom is -0.313 e. The molecule has 1 nitrogen and oxygen atoms in total. The van der Waals surface area contributed by atoms with Gasteiger partial charge in [-0.25, -0.2) is 4.39 Å². The van der Waals surface area contributed by atoms with Gasteiger partial charge in [0.15, 0.2) is 0 Å². The van der Waals surface area contributed by atoms with Crippen LogP contribution in [-0.4, -0.2) is 18.8 Å². The molecular weight excluding hydrogens is 209 g/mol. The predicted molar refractivity (Wildman–Crippen MR) is 64.8 cm³/mol. The van der Waals surface area contributed by atoms with Crippen LogP contribution in [0.1, 0.15) is 6.92 Å². The van der Waals surface area contributed by atoms with E-state index in [1.807, 2.05) is 6.07 Å². The molecule has 3 heteroatoms. The number of halogens is 1. The van der Waals surface area contributed by atoms with E-state index in [0.29, 0.717) is 0 Å². The number of hydrogen-bond acceptors (Lipinski definition) is 2. The minimum absolute atomic E-state index is 0.183. The first-order valence-electron chi connectivity index (χ1n) is 4.98. The maximum Gasteiger partial charge on any atom is 0.124 e. The van der Waals surface area contributed by atoms with Gasteiger partial charge in [-0.1, -0.05) is 25.1 Å². The van der Waals surface area contributed by atoms with Crippen molar-refractivity contribution in [2.24, 2.45) is 0 Å². The Labute approximate surface area is 94.8 Å². The van der Waals surface area contributed by atoms with Crippen LogP contribution < -0.4 is 5.32 Å². The Morgan fingerprint density at radius 1 is 1.53 bits per heavy atom. The molecule has 82 valence electrons. The van der Waals surface area contributed by atoms with Crippen LogP contribution in [0, 0.1) is 5.82 Å². The second kappa shape index (κ2) is 6.64. The summed E-state index contributed by atoms with van der Waals surface area (Å²) in [5.74, 6) is 0.647. The van der Waals surface area contributed by atoms with Gasteiger partial charge in [-0.2, -0.15) is 0 Å². The highest BCUT2D eigenvalue weighted by Gasteiger charge is 1.98. The fraction of sp³-hybridized carbons (Fsp3) is 0.333. The van der Waals surface area contributed by atoms with Gasteiger partial charge in [0.1, 0.15) is 5.82 Å². The summed E-state index contributed by atoms with van der Waals surface area (Å²) in [6, 6.07) is 6.64. The molecule has 0 radical (unpaired) electrons. The molecular formula is C12H16FNS. The van der Waals surface area contributed by atoms with Crippen LogP contribution >= 0.6 is 11.8 Å². The number of nitrogens with one attached hydrogen (secondary N) is 1. The average molecular weight is 225 g/mol. The molecule has 0 atom stereocenters. The van der Waals surface area contributed by atoms with E-state index in [1.54, 1.807) is 23.9 Å². The largest absolute Gasteiger partial charge is 0.313 e. The van der Waals surface area contributed by atoms with Crippen LogP contribution in [0.4, 0.5) is 4.39 Å². The number of likely N-dealkylation sites (N-methyl/N-ethyl adjacent to an activating group) is 1. The highest BCUT2D eigenvalue weighted by Crippen LogP contribution is 2.20. The van der Waals surface area contributed by atoms with Gasteiger partial charge in [0.2, 0.25) is 0 Å². The van der Waals surface area contributed by atoms with Crippen molar-refractivity contribution in [3.63, 3.8) is 0 Å². The second-order valence-corrected chi connectivity index (χ2v) is 4.33. The summed E-state index contributed by atoms with van der Waals surface area (Å²) in [7, 11) is 0. The van der Waals surface area contributed by atoms with Crippen molar-refractivity contribution < 1.29 is 4.39 Å². The van der Waals surface area contributed by atoms with Crippen LogP contribution in [0.5, 0.6) is 0 Å². The van der Waals surface area contributed by atoms with Gasteiger partial charge in [0, 0.05) is 17.2 Å². The van der Waals surface area contributed by atoms with Crippen molar-refractivity contribution >= 4 is 11.8 Å². The topological polar surface area (TPSA) is 12.0 Å². The molecule has 15 heavy (non-hydrogen) atoms. The molecule has 0 spiro atoms. The quantitative estimate of drug-likeness (QED) is 0.590. The lowest BCUT2D eigenvalue weighted by Crippen LogP contribution is -2.16. The van der Waals surface area contributed by atoms with Crippen molar-refractivity contribution in [2.75, 3.05) is 18.8 Å². The van der Waals surface area contributed by atoms with E-state index in [1.165, 1.54) is 6.07 Å².